The minimum atomic E-state index is 0.703. The Labute approximate surface area is 325 Å². The number of benzene rings is 8. The SMILES string of the molecule is Cc1cccc(-c2cc(-c3cc(-c4ccccc4)nc(-c4ccccc4)n3)cc(-c3ccc(N4c5ccccc5Sc5ccccc54)c4ccccc34)c2)c1. The molecule has 4 heteroatoms. The fourth-order valence-corrected chi connectivity index (χ4v) is 8.74. The minimum Gasteiger partial charge on any atom is -0.308 e. The molecule has 10 rings (SSSR count). The second-order valence-electron chi connectivity index (χ2n) is 13.9. The zero-order valence-electron chi connectivity index (χ0n) is 30.2. The summed E-state index contributed by atoms with van der Waals surface area (Å²) < 4.78 is 0. The van der Waals surface area contributed by atoms with E-state index >= 15 is 0 Å². The first kappa shape index (κ1) is 32.9. The van der Waals surface area contributed by atoms with Crippen LogP contribution in [0, 0.1) is 6.92 Å². The topological polar surface area (TPSA) is 29.0 Å². The number of para-hydroxylation sites is 2. The van der Waals surface area contributed by atoms with Crippen LogP contribution in [0.1, 0.15) is 5.56 Å². The first-order valence-electron chi connectivity index (χ1n) is 18.6. The zero-order valence-corrected chi connectivity index (χ0v) is 31.0. The highest BCUT2D eigenvalue weighted by atomic mass is 32.2. The molecule has 0 N–H and O–H groups in total. The molecule has 0 bridgehead atoms. The second kappa shape index (κ2) is 13.9. The number of fused-ring (bicyclic) bond motifs is 3. The summed E-state index contributed by atoms with van der Waals surface area (Å²) in [5.41, 5.74) is 14.2. The van der Waals surface area contributed by atoms with E-state index in [2.05, 4.69) is 182 Å². The highest BCUT2D eigenvalue weighted by molar-refractivity contribution is 7.99. The normalized spacial score (nSPS) is 12.0. The van der Waals surface area contributed by atoms with Gasteiger partial charge in [0.15, 0.2) is 5.82 Å². The van der Waals surface area contributed by atoms with Gasteiger partial charge in [-0.1, -0.05) is 157 Å². The first-order chi connectivity index (χ1) is 27.2. The predicted molar refractivity (Wildman–Crippen MR) is 230 cm³/mol. The van der Waals surface area contributed by atoms with Crippen molar-refractivity contribution in [2.75, 3.05) is 4.90 Å². The smallest absolute Gasteiger partial charge is 0.160 e. The van der Waals surface area contributed by atoms with Crippen LogP contribution >= 0.6 is 11.8 Å². The van der Waals surface area contributed by atoms with Gasteiger partial charge in [-0.3, -0.25) is 0 Å². The van der Waals surface area contributed by atoms with E-state index in [4.69, 9.17) is 9.97 Å². The van der Waals surface area contributed by atoms with Crippen LogP contribution in [0.2, 0.25) is 0 Å². The predicted octanol–water partition coefficient (Wildman–Crippen LogP) is 14.2. The third kappa shape index (κ3) is 6.17. The van der Waals surface area contributed by atoms with E-state index < -0.39 is 0 Å². The van der Waals surface area contributed by atoms with Gasteiger partial charge in [0.05, 0.1) is 28.5 Å². The highest BCUT2D eigenvalue weighted by Crippen LogP contribution is 2.53. The van der Waals surface area contributed by atoms with Crippen molar-refractivity contribution >= 4 is 39.6 Å². The van der Waals surface area contributed by atoms with E-state index in [0.29, 0.717) is 5.82 Å². The van der Waals surface area contributed by atoms with E-state index in [-0.39, 0.29) is 0 Å². The lowest BCUT2D eigenvalue weighted by Crippen LogP contribution is -2.15. The quantitative estimate of drug-likeness (QED) is 0.171. The monoisotopic (exact) mass is 721 g/mol. The molecule has 0 fully saturated rings. The van der Waals surface area contributed by atoms with Crippen molar-refractivity contribution < 1.29 is 0 Å². The minimum absolute atomic E-state index is 0.703. The van der Waals surface area contributed by atoms with Crippen molar-refractivity contribution in [3.8, 4) is 56.2 Å². The molecule has 1 aliphatic rings. The van der Waals surface area contributed by atoms with Crippen LogP contribution in [0.4, 0.5) is 17.1 Å². The molecule has 0 spiro atoms. The number of hydrogen-bond acceptors (Lipinski definition) is 4. The molecule has 0 atom stereocenters. The Morgan fingerprint density at radius 1 is 0.382 bits per heavy atom. The van der Waals surface area contributed by atoms with Crippen molar-refractivity contribution in [2.24, 2.45) is 0 Å². The number of aryl methyl sites for hydroxylation is 1. The fraction of sp³-hybridized carbons (Fsp3) is 0.0196. The van der Waals surface area contributed by atoms with Crippen LogP contribution < -0.4 is 4.90 Å². The highest BCUT2D eigenvalue weighted by Gasteiger charge is 2.26. The second-order valence-corrected chi connectivity index (χ2v) is 15.0. The van der Waals surface area contributed by atoms with Gasteiger partial charge >= 0.3 is 0 Å². The Morgan fingerprint density at radius 2 is 0.945 bits per heavy atom. The molecule has 2 heterocycles. The van der Waals surface area contributed by atoms with Crippen LogP contribution in [0.3, 0.4) is 0 Å². The van der Waals surface area contributed by atoms with Crippen LogP contribution in [-0.2, 0) is 0 Å². The van der Waals surface area contributed by atoms with Crippen molar-refractivity contribution in [1.82, 2.24) is 9.97 Å². The Morgan fingerprint density at radius 3 is 1.65 bits per heavy atom. The molecule has 260 valence electrons. The fourth-order valence-electron chi connectivity index (χ4n) is 7.68. The number of nitrogens with zero attached hydrogens (tertiary/aromatic N) is 3. The Bertz CT molecular complexity index is 2760. The average molecular weight is 722 g/mol. The number of rotatable bonds is 6. The summed E-state index contributed by atoms with van der Waals surface area (Å²) in [6.45, 7) is 2.15. The Hall–Kier alpha value is -6.75. The van der Waals surface area contributed by atoms with Crippen molar-refractivity contribution in [2.45, 2.75) is 16.7 Å². The summed E-state index contributed by atoms with van der Waals surface area (Å²) in [6.07, 6.45) is 0. The summed E-state index contributed by atoms with van der Waals surface area (Å²) >= 11 is 1.83. The van der Waals surface area contributed by atoms with Crippen LogP contribution in [0.25, 0.3) is 66.9 Å². The molecule has 0 saturated carbocycles. The van der Waals surface area contributed by atoms with Crippen molar-refractivity contribution in [3.63, 3.8) is 0 Å². The van der Waals surface area contributed by atoms with Gasteiger partial charge in [0.25, 0.3) is 0 Å². The summed E-state index contributed by atoms with van der Waals surface area (Å²) in [6, 6.07) is 69.3. The average Bonchev–Trinajstić information content (AvgIpc) is 3.25. The molecule has 8 aromatic carbocycles. The Balaban J connectivity index is 1.19. The molecule has 0 radical (unpaired) electrons. The van der Waals surface area contributed by atoms with Crippen LogP contribution in [-0.4, -0.2) is 9.97 Å². The molecule has 1 aromatic heterocycles. The molecule has 1 aliphatic heterocycles. The molecule has 55 heavy (non-hydrogen) atoms. The lowest BCUT2D eigenvalue weighted by molar-refractivity contribution is 1.17. The number of anilines is 3. The third-order valence-corrected chi connectivity index (χ3v) is 11.4. The van der Waals surface area contributed by atoms with Gasteiger partial charge in [0, 0.05) is 31.9 Å². The molecule has 0 aliphatic carbocycles. The van der Waals surface area contributed by atoms with E-state index in [1.807, 2.05) is 36.0 Å². The lowest BCUT2D eigenvalue weighted by Gasteiger charge is -2.33. The summed E-state index contributed by atoms with van der Waals surface area (Å²) in [5.74, 6) is 0.703. The third-order valence-electron chi connectivity index (χ3n) is 10.3. The summed E-state index contributed by atoms with van der Waals surface area (Å²) in [7, 11) is 0. The molecule has 3 nitrogen and oxygen atoms in total. The standard InChI is InChI=1S/C51H35N3S/c1-34-15-14-20-37(29-34)38-30-39(32-40(31-38)45-33-44(35-16-4-2-5-17-35)52-51(53-45)36-18-6-3-7-19-36)41-27-28-46(43-22-9-8-21-42(41)43)54-47-23-10-12-25-49(47)55-50-26-13-11-24-48(50)54/h2-33H,1H3. The molecule has 0 unspecified atom stereocenters. The van der Waals surface area contributed by atoms with Crippen molar-refractivity contribution in [3.05, 3.63) is 200 Å². The largest absolute Gasteiger partial charge is 0.308 e. The summed E-state index contributed by atoms with van der Waals surface area (Å²) in [4.78, 5) is 15.3. The van der Waals surface area contributed by atoms with Gasteiger partial charge in [0.1, 0.15) is 0 Å². The van der Waals surface area contributed by atoms with Gasteiger partial charge in [-0.2, -0.15) is 0 Å². The number of aromatic nitrogens is 2. The van der Waals surface area contributed by atoms with Gasteiger partial charge in [-0.25, -0.2) is 9.97 Å². The van der Waals surface area contributed by atoms with E-state index in [0.717, 1.165) is 44.9 Å². The summed E-state index contributed by atoms with van der Waals surface area (Å²) in [5, 5.41) is 2.39. The van der Waals surface area contributed by atoms with E-state index in [1.165, 1.54) is 48.6 Å². The van der Waals surface area contributed by atoms with Crippen LogP contribution in [0.15, 0.2) is 204 Å². The molecule has 0 saturated heterocycles. The molecular weight excluding hydrogens is 687 g/mol. The van der Waals surface area contributed by atoms with Gasteiger partial charge < -0.3 is 4.90 Å². The first-order valence-corrected chi connectivity index (χ1v) is 19.4. The molecular formula is C51H35N3S. The lowest BCUT2D eigenvalue weighted by atomic mass is 9.91. The maximum Gasteiger partial charge on any atom is 0.160 e. The zero-order chi connectivity index (χ0) is 36.7. The number of hydrogen-bond donors (Lipinski definition) is 0. The molecule has 0 amide bonds. The van der Waals surface area contributed by atoms with E-state index in [1.54, 1.807) is 0 Å². The van der Waals surface area contributed by atoms with E-state index in [9.17, 15) is 0 Å². The van der Waals surface area contributed by atoms with Gasteiger partial charge in [-0.15, -0.1) is 0 Å². The maximum atomic E-state index is 5.25. The Kier molecular flexibility index (Phi) is 8.31. The van der Waals surface area contributed by atoms with Crippen molar-refractivity contribution in [1.29, 1.82) is 0 Å². The maximum absolute atomic E-state index is 5.25. The van der Waals surface area contributed by atoms with Gasteiger partial charge in [-0.05, 0) is 89.2 Å². The van der Waals surface area contributed by atoms with Crippen LogP contribution in [0.5, 0.6) is 0 Å². The molecule has 9 aromatic rings. The van der Waals surface area contributed by atoms with Gasteiger partial charge in [0.2, 0.25) is 0 Å².